The van der Waals surface area contributed by atoms with Gasteiger partial charge in [-0.25, -0.2) is 0 Å². The second-order valence-corrected chi connectivity index (χ2v) is 12.7. The highest BCUT2D eigenvalue weighted by Gasteiger charge is 2.21. The number of carboxylic acids is 1. The number of carbonyl (C=O) groups is 2. The van der Waals surface area contributed by atoms with Gasteiger partial charge in [0.2, 0.25) is 0 Å². The molecule has 2 heterocycles. The summed E-state index contributed by atoms with van der Waals surface area (Å²) in [4.78, 5) is 35.3. The molecule has 1 aliphatic carbocycles. The Bertz CT molecular complexity index is 1820. The fraction of sp³-hybridized carbons (Fsp3) is 0.268. The van der Waals surface area contributed by atoms with Crippen LogP contribution >= 0.6 is 0 Å². The number of nitrogens with zero attached hydrogens (tertiary/aromatic N) is 3. The van der Waals surface area contributed by atoms with Crippen LogP contribution in [0.1, 0.15) is 81.4 Å². The zero-order valence-electron chi connectivity index (χ0n) is 28.2. The van der Waals surface area contributed by atoms with Gasteiger partial charge in [-0.3, -0.25) is 24.5 Å². The lowest BCUT2D eigenvalue weighted by Gasteiger charge is -2.23. The number of nitrogens with two attached hydrogens (primary N) is 2. The van der Waals surface area contributed by atoms with Crippen LogP contribution in [0.4, 0.5) is 0 Å². The Hall–Kier alpha value is -5.34. The highest BCUT2D eigenvalue weighted by Crippen LogP contribution is 2.33. The Morgan fingerprint density at radius 2 is 1.61 bits per heavy atom. The van der Waals surface area contributed by atoms with E-state index in [4.69, 9.17) is 21.6 Å². The molecule has 0 saturated carbocycles. The van der Waals surface area contributed by atoms with Crippen molar-refractivity contribution in [2.45, 2.75) is 65.0 Å². The maximum absolute atomic E-state index is 12.3. The molecule has 0 bridgehead atoms. The first-order chi connectivity index (χ1) is 23.7. The summed E-state index contributed by atoms with van der Waals surface area (Å²) in [6, 6.07) is 25.2. The Morgan fingerprint density at radius 1 is 0.939 bits per heavy atom. The molecule has 0 atom stereocenters. The van der Waals surface area contributed by atoms with Gasteiger partial charge in [0, 0.05) is 48.7 Å². The Labute approximate surface area is 288 Å². The lowest BCUT2D eigenvalue weighted by molar-refractivity contribution is -0.136. The van der Waals surface area contributed by atoms with Crippen LogP contribution in [0.25, 0.3) is 11.1 Å². The van der Waals surface area contributed by atoms with E-state index in [1.807, 2.05) is 13.0 Å². The van der Waals surface area contributed by atoms with E-state index in [0.29, 0.717) is 16.7 Å². The van der Waals surface area contributed by atoms with E-state index in [0.717, 1.165) is 74.3 Å². The topological polar surface area (TPSA) is 135 Å². The number of fused-ring (bicyclic) bond motifs is 1. The highest BCUT2D eigenvalue weighted by molar-refractivity contribution is 5.98. The third kappa shape index (κ3) is 9.39. The lowest BCUT2D eigenvalue weighted by Crippen LogP contribution is -2.24. The maximum Gasteiger partial charge on any atom is 0.303 e. The summed E-state index contributed by atoms with van der Waals surface area (Å²) in [5, 5.41) is 9.14. The van der Waals surface area contributed by atoms with Crippen molar-refractivity contribution in [2.24, 2.45) is 11.5 Å². The van der Waals surface area contributed by atoms with Crippen LogP contribution in [0, 0.1) is 0 Å². The zero-order chi connectivity index (χ0) is 34.8. The summed E-state index contributed by atoms with van der Waals surface area (Å²) in [5.41, 5.74) is 22.3. The molecule has 2 aromatic heterocycles. The van der Waals surface area contributed by atoms with Crippen LogP contribution in [0.15, 0.2) is 103 Å². The molecule has 0 spiro atoms. The van der Waals surface area contributed by atoms with Crippen LogP contribution in [0.2, 0.25) is 0 Å². The molecule has 5 N–H and O–H groups in total. The van der Waals surface area contributed by atoms with Crippen LogP contribution in [-0.2, 0) is 43.6 Å². The predicted octanol–water partition coefficient (Wildman–Crippen LogP) is 6.68. The third-order valence-electron chi connectivity index (χ3n) is 8.98. The van der Waals surface area contributed by atoms with Crippen molar-refractivity contribution in [3.63, 3.8) is 0 Å². The van der Waals surface area contributed by atoms with Gasteiger partial charge in [0.15, 0.2) is 0 Å². The number of carboxylic acid groups (broad SMARTS) is 1. The van der Waals surface area contributed by atoms with Crippen molar-refractivity contribution < 1.29 is 14.7 Å². The molecular formula is C41H45N5O3. The van der Waals surface area contributed by atoms with Crippen LogP contribution in [0.5, 0.6) is 0 Å². The summed E-state index contributed by atoms with van der Waals surface area (Å²) in [7, 11) is 0. The monoisotopic (exact) mass is 655 g/mol. The van der Waals surface area contributed by atoms with E-state index in [1.165, 1.54) is 28.5 Å². The normalized spacial score (nSPS) is 13.0. The number of pyridine rings is 2. The number of carbonyl (C=O) groups excluding carboxylic acids is 1. The number of primary amides is 1. The minimum absolute atomic E-state index is 0.0520. The number of hydrogen-bond donors (Lipinski definition) is 3. The lowest BCUT2D eigenvalue weighted by atomic mass is 9.93. The number of aryl methyl sites for hydroxylation is 3. The van der Waals surface area contributed by atoms with Gasteiger partial charge in [-0.15, -0.1) is 0 Å². The maximum atomic E-state index is 12.3. The van der Waals surface area contributed by atoms with Gasteiger partial charge in [0.1, 0.15) is 5.69 Å². The molecule has 2 aromatic carbocycles. The second-order valence-electron chi connectivity index (χ2n) is 12.7. The van der Waals surface area contributed by atoms with Gasteiger partial charge >= 0.3 is 5.97 Å². The van der Waals surface area contributed by atoms with Gasteiger partial charge in [0.25, 0.3) is 5.91 Å². The van der Waals surface area contributed by atoms with Gasteiger partial charge in [-0.05, 0) is 109 Å². The molecule has 8 heteroatoms. The summed E-state index contributed by atoms with van der Waals surface area (Å²) < 4.78 is 0. The van der Waals surface area contributed by atoms with Gasteiger partial charge in [0.05, 0.1) is 5.69 Å². The Balaban J connectivity index is 1.36. The van der Waals surface area contributed by atoms with E-state index in [1.54, 1.807) is 12.3 Å². The quantitative estimate of drug-likeness (QED) is 0.115. The van der Waals surface area contributed by atoms with Crippen LogP contribution in [-0.4, -0.2) is 38.4 Å². The minimum Gasteiger partial charge on any atom is -0.481 e. The summed E-state index contributed by atoms with van der Waals surface area (Å²) in [6.07, 6.45) is 10.1. The Kier molecular flexibility index (Phi) is 11.9. The Morgan fingerprint density at radius 3 is 2.22 bits per heavy atom. The number of aliphatic carboxylic acids is 1. The average Bonchev–Trinajstić information content (AvgIpc) is 3.58. The van der Waals surface area contributed by atoms with E-state index >= 15 is 0 Å². The van der Waals surface area contributed by atoms with Gasteiger partial charge in [-0.2, -0.15) is 0 Å². The van der Waals surface area contributed by atoms with Crippen molar-refractivity contribution in [1.82, 2.24) is 14.9 Å². The third-order valence-corrected chi connectivity index (χ3v) is 8.98. The van der Waals surface area contributed by atoms with Gasteiger partial charge in [-0.1, -0.05) is 67.2 Å². The first kappa shape index (κ1) is 35.0. The van der Waals surface area contributed by atoms with Crippen molar-refractivity contribution in [1.29, 1.82) is 0 Å². The SMILES string of the molecule is C=C(/C(C)=C\C(=C/N)c1nc(CCCN(Cc2ccccc2)Cc2ccccc2)cc2c1CCC2)c1cc(CCC(=O)O)cnc1C(N)=O. The number of amides is 1. The van der Waals surface area contributed by atoms with E-state index in [9.17, 15) is 9.59 Å². The number of benzene rings is 2. The molecule has 1 amide bonds. The first-order valence-corrected chi connectivity index (χ1v) is 16.8. The largest absolute Gasteiger partial charge is 0.481 e. The van der Waals surface area contributed by atoms with Crippen molar-refractivity contribution in [3.8, 4) is 0 Å². The van der Waals surface area contributed by atoms with Crippen LogP contribution in [0.3, 0.4) is 0 Å². The predicted molar refractivity (Wildman–Crippen MR) is 195 cm³/mol. The molecule has 0 fully saturated rings. The summed E-state index contributed by atoms with van der Waals surface area (Å²) in [6.45, 7) is 8.85. The fourth-order valence-electron chi connectivity index (χ4n) is 6.44. The van der Waals surface area contributed by atoms with E-state index in [2.05, 4.69) is 83.2 Å². The molecule has 252 valence electrons. The second kappa shape index (κ2) is 16.7. The molecule has 8 nitrogen and oxygen atoms in total. The average molecular weight is 656 g/mol. The van der Waals surface area contributed by atoms with E-state index < -0.39 is 11.9 Å². The summed E-state index contributed by atoms with van der Waals surface area (Å²) in [5.74, 6) is -1.59. The molecule has 5 rings (SSSR count). The van der Waals surface area contributed by atoms with Gasteiger partial charge < -0.3 is 16.6 Å². The highest BCUT2D eigenvalue weighted by atomic mass is 16.4. The molecule has 4 aromatic rings. The van der Waals surface area contributed by atoms with Crippen LogP contribution < -0.4 is 11.5 Å². The number of allylic oxidation sites excluding steroid dienone is 4. The molecule has 49 heavy (non-hydrogen) atoms. The first-order valence-electron chi connectivity index (χ1n) is 16.8. The van der Waals surface area contributed by atoms with Crippen molar-refractivity contribution in [3.05, 3.63) is 154 Å². The zero-order valence-corrected chi connectivity index (χ0v) is 28.2. The molecule has 0 aliphatic heterocycles. The van der Waals surface area contributed by atoms with Crippen molar-refractivity contribution in [2.75, 3.05) is 6.54 Å². The molecule has 1 aliphatic rings. The molecule has 0 unspecified atom stereocenters. The summed E-state index contributed by atoms with van der Waals surface area (Å²) >= 11 is 0. The number of rotatable bonds is 16. The molecular weight excluding hydrogens is 610 g/mol. The standard InChI is InChI=1S/C41H45N5O3/c1-28(29(2)37-22-32(18-19-38(47)48)25-44-40(37)41(43)49)21-34(24-42)39-36-17-9-15-33(36)23-35(45-39)16-10-20-46(26-30-11-5-3-6-12-30)27-31-13-7-4-8-14-31/h3-8,11-14,21-25H,2,9-10,15-20,26-27,42H2,1H3,(H2,43,49)(H,47,48)/b28-21-,34-24+. The number of aromatic nitrogens is 2. The fourth-order valence-corrected chi connectivity index (χ4v) is 6.44. The number of hydrogen-bond acceptors (Lipinski definition) is 6. The smallest absolute Gasteiger partial charge is 0.303 e. The van der Waals surface area contributed by atoms with Crippen molar-refractivity contribution >= 4 is 23.0 Å². The van der Waals surface area contributed by atoms with E-state index in [-0.39, 0.29) is 18.5 Å². The molecule has 0 radical (unpaired) electrons. The molecule has 0 saturated heterocycles. The minimum atomic E-state index is -0.910.